The number of hydrogen-bond donors (Lipinski definition) is 2. The van der Waals surface area contributed by atoms with Crippen molar-refractivity contribution in [1.29, 1.82) is 0 Å². The van der Waals surface area contributed by atoms with Gasteiger partial charge in [0.15, 0.2) is 5.82 Å². The van der Waals surface area contributed by atoms with Crippen molar-refractivity contribution >= 4 is 22.8 Å². The van der Waals surface area contributed by atoms with Crippen molar-refractivity contribution in [1.82, 2.24) is 15.0 Å². The summed E-state index contributed by atoms with van der Waals surface area (Å²) in [5.74, 6) is 0.517. The molecule has 0 bridgehead atoms. The Morgan fingerprint density at radius 3 is 2.64 bits per heavy atom. The monoisotopic (exact) mass is 189 g/mol. The van der Waals surface area contributed by atoms with Gasteiger partial charge in [-0.15, -0.1) is 0 Å². The number of fused-ring (bicyclic) bond motifs is 1. The second-order valence-corrected chi connectivity index (χ2v) is 2.99. The smallest absolute Gasteiger partial charge is 0.222 e. The van der Waals surface area contributed by atoms with Crippen LogP contribution in [0.15, 0.2) is 12.1 Å². The quantitative estimate of drug-likeness (QED) is 0.690. The molecule has 0 aliphatic heterocycles. The van der Waals surface area contributed by atoms with E-state index in [1.807, 2.05) is 19.1 Å². The number of pyridine rings is 1. The van der Waals surface area contributed by atoms with Crippen molar-refractivity contribution in [2.45, 2.75) is 13.3 Å². The van der Waals surface area contributed by atoms with Crippen molar-refractivity contribution in [3.8, 4) is 0 Å². The number of nitrogens with two attached hydrogens (primary N) is 2. The molecule has 0 unspecified atom stereocenters. The summed E-state index contributed by atoms with van der Waals surface area (Å²) in [7, 11) is 0. The Kier molecular flexibility index (Phi) is 1.92. The maximum Gasteiger partial charge on any atom is 0.222 e. The van der Waals surface area contributed by atoms with Crippen LogP contribution in [-0.4, -0.2) is 15.0 Å². The molecule has 0 amide bonds. The first-order valence-electron chi connectivity index (χ1n) is 4.39. The van der Waals surface area contributed by atoms with Crippen LogP contribution in [0.25, 0.3) is 11.0 Å². The molecule has 2 aromatic heterocycles. The van der Waals surface area contributed by atoms with E-state index < -0.39 is 0 Å². The van der Waals surface area contributed by atoms with E-state index in [9.17, 15) is 0 Å². The Bertz CT molecular complexity index is 480. The molecular formula is C9H11N5. The molecule has 2 rings (SSSR count). The SMILES string of the molecule is CCc1ccc2nc(N)nc(N)c2n1. The molecule has 0 atom stereocenters. The first-order valence-corrected chi connectivity index (χ1v) is 4.39. The number of aromatic nitrogens is 3. The minimum absolute atomic E-state index is 0.182. The van der Waals surface area contributed by atoms with Gasteiger partial charge in [-0.05, 0) is 18.6 Å². The van der Waals surface area contributed by atoms with Gasteiger partial charge < -0.3 is 11.5 Å². The zero-order valence-electron chi connectivity index (χ0n) is 7.86. The lowest BCUT2D eigenvalue weighted by Crippen LogP contribution is -2.02. The zero-order chi connectivity index (χ0) is 10.1. The third kappa shape index (κ3) is 1.32. The van der Waals surface area contributed by atoms with Gasteiger partial charge in [-0.25, -0.2) is 9.97 Å². The molecule has 5 nitrogen and oxygen atoms in total. The van der Waals surface area contributed by atoms with E-state index in [1.54, 1.807) is 0 Å². The number of rotatable bonds is 1. The molecule has 14 heavy (non-hydrogen) atoms. The normalized spacial score (nSPS) is 10.6. The number of nitrogens with zero attached hydrogens (tertiary/aromatic N) is 3. The lowest BCUT2D eigenvalue weighted by atomic mass is 10.2. The highest BCUT2D eigenvalue weighted by atomic mass is 15.0. The molecule has 0 spiro atoms. The molecule has 72 valence electrons. The van der Waals surface area contributed by atoms with Crippen LogP contribution in [0.2, 0.25) is 0 Å². The third-order valence-corrected chi connectivity index (χ3v) is 2.01. The fraction of sp³-hybridized carbons (Fsp3) is 0.222. The van der Waals surface area contributed by atoms with Crippen molar-refractivity contribution < 1.29 is 0 Å². The highest BCUT2D eigenvalue weighted by molar-refractivity contribution is 5.84. The van der Waals surface area contributed by atoms with E-state index in [0.29, 0.717) is 16.9 Å². The van der Waals surface area contributed by atoms with Crippen molar-refractivity contribution in [3.63, 3.8) is 0 Å². The van der Waals surface area contributed by atoms with E-state index in [1.165, 1.54) is 0 Å². The Labute approximate surface area is 81.2 Å². The van der Waals surface area contributed by atoms with E-state index in [4.69, 9.17) is 11.5 Å². The predicted molar refractivity (Wildman–Crippen MR) is 55.5 cm³/mol. The topological polar surface area (TPSA) is 90.7 Å². The minimum Gasteiger partial charge on any atom is -0.382 e. The van der Waals surface area contributed by atoms with Gasteiger partial charge in [0, 0.05) is 5.69 Å². The van der Waals surface area contributed by atoms with Crippen LogP contribution in [0.3, 0.4) is 0 Å². The van der Waals surface area contributed by atoms with Crippen molar-refractivity contribution in [2.24, 2.45) is 0 Å². The molecule has 2 aromatic rings. The van der Waals surface area contributed by atoms with Crippen LogP contribution in [0, 0.1) is 0 Å². The van der Waals surface area contributed by atoms with Crippen molar-refractivity contribution in [3.05, 3.63) is 17.8 Å². The van der Waals surface area contributed by atoms with E-state index in [-0.39, 0.29) is 5.95 Å². The van der Waals surface area contributed by atoms with E-state index in [2.05, 4.69) is 15.0 Å². The molecule has 0 aromatic carbocycles. The largest absolute Gasteiger partial charge is 0.382 e. The highest BCUT2D eigenvalue weighted by Gasteiger charge is 2.04. The summed E-state index contributed by atoms with van der Waals surface area (Å²) >= 11 is 0. The molecule has 0 aliphatic carbocycles. The predicted octanol–water partition coefficient (Wildman–Crippen LogP) is 0.752. The molecule has 0 saturated heterocycles. The van der Waals surface area contributed by atoms with Gasteiger partial charge in [0.1, 0.15) is 5.52 Å². The lowest BCUT2D eigenvalue weighted by molar-refractivity contribution is 1.05. The van der Waals surface area contributed by atoms with Gasteiger partial charge in [0.25, 0.3) is 0 Å². The van der Waals surface area contributed by atoms with Crippen LogP contribution in [0.4, 0.5) is 11.8 Å². The van der Waals surface area contributed by atoms with Gasteiger partial charge in [0.2, 0.25) is 5.95 Å². The summed E-state index contributed by atoms with van der Waals surface area (Å²) in [6, 6.07) is 3.77. The van der Waals surface area contributed by atoms with Crippen LogP contribution in [-0.2, 0) is 6.42 Å². The van der Waals surface area contributed by atoms with E-state index in [0.717, 1.165) is 12.1 Å². The average molecular weight is 189 g/mol. The lowest BCUT2D eigenvalue weighted by Gasteiger charge is -2.02. The Balaban J connectivity index is 2.75. The Morgan fingerprint density at radius 2 is 1.93 bits per heavy atom. The number of anilines is 2. The first-order chi connectivity index (χ1) is 6.70. The summed E-state index contributed by atoms with van der Waals surface area (Å²) in [5, 5.41) is 0. The number of aryl methyl sites for hydroxylation is 1. The molecule has 0 saturated carbocycles. The molecular weight excluding hydrogens is 178 g/mol. The molecule has 0 radical (unpaired) electrons. The summed E-state index contributed by atoms with van der Waals surface area (Å²) in [6.45, 7) is 2.03. The number of nitrogen functional groups attached to an aromatic ring is 2. The van der Waals surface area contributed by atoms with Gasteiger partial charge in [-0.3, -0.25) is 0 Å². The van der Waals surface area contributed by atoms with Crippen LogP contribution in [0.5, 0.6) is 0 Å². The maximum atomic E-state index is 5.69. The molecule has 4 N–H and O–H groups in total. The Hall–Kier alpha value is -1.91. The second-order valence-electron chi connectivity index (χ2n) is 2.99. The average Bonchev–Trinajstić information content (AvgIpc) is 2.17. The zero-order valence-corrected chi connectivity index (χ0v) is 7.86. The summed E-state index contributed by atoms with van der Waals surface area (Å²) < 4.78 is 0. The highest BCUT2D eigenvalue weighted by Crippen LogP contribution is 2.16. The third-order valence-electron chi connectivity index (χ3n) is 2.01. The fourth-order valence-corrected chi connectivity index (χ4v) is 1.29. The maximum absolute atomic E-state index is 5.69. The molecule has 5 heteroatoms. The summed E-state index contributed by atoms with van der Waals surface area (Å²) in [5.41, 5.74) is 13.4. The Morgan fingerprint density at radius 1 is 1.14 bits per heavy atom. The summed E-state index contributed by atoms with van der Waals surface area (Å²) in [4.78, 5) is 12.2. The van der Waals surface area contributed by atoms with Crippen molar-refractivity contribution in [2.75, 3.05) is 11.5 Å². The minimum atomic E-state index is 0.182. The fourth-order valence-electron chi connectivity index (χ4n) is 1.29. The van der Waals surface area contributed by atoms with Crippen LogP contribution >= 0.6 is 0 Å². The van der Waals surface area contributed by atoms with Crippen LogP contribution < -0.4 is 11.5 Å². The van der Waals surface area contributed by atoms with E-state index >= 15 is 0 Å². The van der Waals surface area contributed by atoms with Gasteiger partial charge in [-0.1, -0.05) is 6.92 Å². The van der Waals surface area contributed by atoms with Gasteiger partial charge in [0.05, 0.1) is 5.52 Å². The van der Waals surface area contributed by atoms with Gasteiger partial charge >= 0.3 is 0 Å². The molecule has 0 fully saturated rings. The summed E-state index contributed by atoms with van der Waals surface area (Å²) in [6.07, 6.45) is 0.861. The first kappa shape index (κ1) is 8.68. The molecule has 2 heterocycles. The second kappa shape index (κ2) is 3.10. The molecule has 0 aliphatic rings. The standard InChI is InChI=1S/C9H11N5/c1-2-5-3-4-6-7(12-5)8(10)14-9(11)13-6/h3-4H,2H2,1H3,(H4,10,11,13,14). The van der Waals surface area contributed by atoms with Crippen LogP contribution in [0.1, 0.15) is 12.6 Å². The van der Waals surface area contributed by atoms with Gasteiger partial charge in [-0.2, -0.15) is 4.98 Å². The number of hydrogen-bond acceptors (Lipinski definition) is 5.